The van der Waals surface area contributed by atoms with Crippen LogP contribution in [0.2, 0.25) is 0 Å². The second-order valence-corrected chi connectivity index (χ2v) is 4.10. The fraction of sp³-hybridized carbons (Fsp3) is 0.500. The zero-order chi connectivity index (χ0) is 10.7. The quantitative estimate of drug-likeness (QED) is 0.712. The second-order valence-electron chi connectivity index (χ2n) is 4.10. The lowest BCUT2D eigenvalue weighted by Gasteiger charge is -2.12. The highest BCUT2D eigenvalue weighted by molar-refractivity contribution is 5.58. The predicted molar refractivity (Wildman–Crippen MR) is 64.2 cm³/mol. The monoisotopic (exact) mass is 205 g/mol. The Hall–Kier alpha value is -1.06. The minimum absolute atomic E-state index is 0.702. The Labute approximate surface area is 91.3 Å². The van der Waals surface area contributed by atoms with Gasteiger partial charge in [0.2, 0.25) is 0 Å². The summed E-state index contributed by atoms with van der Waals surface area (Å²) in [5.41, 5.74) is 9.65. The molecular formula is C12H19N3. The fourth-order valence-corrected chi connectivity index (χ4v) is 2.06. The largest absolute Gasteiger partial charge is 0.374 e. The van der Waals surface area contributed by atoms with Gasteiger partial charge in [-0.1, -0.05) is 12.1 Å². The number of hydrogen-bond acceptors (Lipinski definition) is 3. The Balaban J connectivity index is 2.03. The molecule has 0 aromatic heterocycles. The minimum Gasteiger partial charge on any atom is -0.374 e. The molecule has 82 valence electrons. The minimum atomic E-state index is 0.702. The third-order valence-electron chi connectivity index (χ3n) is 2.92. The highest BCUT2D eigenvalue weighted by Crippen LogP contribution is 2.27. The number of anilines is 1. The van der Waals surface area contributed by atoms with Crippen LogP contribution in [0.25, 0.3) is 0 Å². The first kappa shape index (κ1) is 10.5. The molecule has 2 rings (SSSR count). The summed E-state index contributed by atoms with van der Waals surface area (Å²) < 4.78 is 0. The molecule has 1 aliphatic heterocycles. The van der Waals surface area contributed by atoms with E-state index >= 15 is 0 Å². The number of nitrogens with one attached hydrogen (secondary N) is 1. The summed E-state index contributed by atoms with van der Waals surface area (Å²) in [4.78, 5) is 2.31. The molecule has 0 amide bonds. The van der Waals surface area contributed by atoms with Gasteiger partial charge in [-0.3, -0.25) is 0 Å². The van der Waals surface area contributed by atoms with Crippen LogP contribution in [-0.2, 0) is 13.0 Å². The average molecular weight is 205 g/mol. The number of likely N-dealkylation sites (N-methyl/N-ethyl adjacent to an activating group) is 1. The first-order valence-corrected chi connectivity index (χ1v) is 5.55. The SMILES string of the molecule is CN1CCc2cc(CNCCN)ccc21. The molecule has 3 heteroatoms. The van der Waals surface area contributed by atoms with Crippen molar-refractivity contribution in [3.05, 3.63) is 29.3 Å². The number of nitrogens with two attached hydrogens (primary N) is 1. The maximum absolute atomic E-state index is 5.43. The molecule has 0 bridgehead atoms. The molecule has 0 radical (unpaired) electrons. The van der Waals surface area contributed by atoms with Crippen LogP contribution in [0, 0.1) is 0 Å². The Bertz CT molecular complexity index is 336. The van der Waals surface area contributed by atoms with E-state index in [-0.39, 0.29) is 0 Å². The van der Waals surface area contributed by atoms with Gasteiger partial charge >= 0.3 is 0 Å². The Kier molecular flexibility index (Phi) is 3.23. The number of nitrogens with zero attached hydrogens (tertiary/aromatic N) is 1. The van der Waals surface area contributed by atoms with Gasteiger partial charge in [0.05, 0.1) is 0 Å². The average Bonchev–Trinajstić information content (AvgIpc) is 2.61. The van der Waals surface area contributed by atoms with Crippen molar-refractivity contribution in [2.45, 2.75) is 13.0 Å². The molecule has 0 spiro atoms. The van der Waals surface area contributed by atoms with Gasteiger partial charge in [0.15, 0.2) is 0 Å². The van der Waals surface area contributed by atoms with Gasteiger partial charge in [0, 0.05) is 38.9 Å². The molecule has 1 aromatic carbocycles. The molecule has 0 fully saturated rings. The van der Waals surface area contributed by atoms with Crippen LogP contribution in [0.5, 0.6) is 0 Å². The van der Waals surface area contributed by atoms with Gasteiger partial charge in [-0.15, -0.1) is 0 Å². The van der Waals surface area contributed by atoms with E-state index in [1.807, 2.05) is 0 Å². The van der Waals surface area contributed by atoms with Gasteiger partial charge in [0.1, 0.15) is 0 Å². The number of rotatable bonds is 4. The summed E-state index contributed by atoms with van der Waals surface area (Å²) in [6.07, 6.45) is 1.18. The van der Waals surface area contributed by atoms with E-state index in [4.69, 9.17) is 5.73 Å². The van der Waals surface area contributed by atoms with Crippen molar-refractivity contribution < 1.29 is 0 Å². The Morgan fingerprint density at radius 2 is 2.33 bits per heavy atom. The predicted octanol–water partition coefficient (Wildman–Crippen LogP) is 0.727. The zero-order valence-electron chi connectivity index (χ0n) is 9.29. The third-order valence-corrected chi connectivity index (χ3v) is 2.92. The molecule has 1 aromatic rings. The number of benzene rings is 1. The third kappa shape index (κ3) is 2.30. The van der Waals surface area contributed by atoms with Crippen molar-refractivity contribution in [1.82, 2.24) is 5.32 Å². The van der Waals surface area contributed by atoms with Crippen LogP contribution in [0.4, 0.5) is 5.69 Å². The topological polar surface area (TPSA) is 41.3 Å². The van der Waals surface area contributed by atoms with Crippen molar-refractivity contribution in [1.29, 1.82) is 0 Å². The first-order chi connectivity index (χ1) is 7.31. The van der Waals surface area contributed by atoms with E-state index in [2.05, 4.69) is 35.5 Å². The van der Waals surface area contributed by atoms with Crippen molar-refractivity contribution in [3.63, 3.8) is 0 Å². The van der Waals surface area contributed by atoms with Crippen LogP contribution in [0.15, 0.2) is 18.2 Å². The number of fused-ring (bicyclic) bond motifs is 1. The molecule has 0 saturated carbocycles. The van der Waals surface area contributed by atoms with Gasteiger partial charge < -0.3 is 16.0 Å². The molecule has 15 heavy (non-hydrogen) atoms. The summed E-state index contributed by atoms with van der Waals surface area (Å²) in [5, 5.41) is 3.32. The molecule has 0 atom stereocenters. The maximum atomic E-state index is 5.43. The van der Waals surface area contributed by atoms with Crippen molar-refractivity contribution in [2.24, 2.45) is 5.73 Å². The fourth-order valence-electron chi connectivity index (χ4n) is 2.06. The van der Waals surface area contributed by atoms with E-state index in [1.54, 1.807) is 0 Å². The summed E-state index contributed by atoms with van der Waals surface area (Å²) in [7, 11) is 2.15. The van der Waals surface area contributed by atoms with Crippen molar-refractivity contribution in [2.75, 3.05) is 31.6 Å². The summed E-state index contributed by atoms with van der Waals surface area (Å²) >= 11 is 0. The van der Waals surface area contributed by atoms with Crippen molar-refractivity contribution >= 4 is 5.69 Å². The summed E-state index contributed by atoms with van der Waals surface area (Å²) in [6, 6.07) is 6.73. The lowest BCUT2D eigenvalue weighted by Crippen LogP contribution is -2.21. The van der Waals surface area contributed by atoms with Gasteiger partial charge in [-0.25, -0.2) is 0 Å². The molecule has 0 unspecified atom stereocenters. The smallest absolute Gasteiger partial charge is 0.0397 e. The van der Waals surface area contributed by atoms with Crippen LogP contribution in [-0.4, -0.2) is 26.7 Å². The molecule has 3 nitrogen and oxygen atoms in total. The van der Waals surface area contributed by atoms with Crippen LogP contribution in [0.1, 0.15) is 11.1 Å². The lowest BCUT2D eigenvalue weighted by atomic mass is 10.1. The molecular weight excluding hydrogens is 186 g/mol. The van der Waals surface area contributed by atoms with E-state index < -0.39 is 0 Å². The Morgan fingerprint density at radius 3 is 3.13 bits per heavy atom. The van der Waals surface area contributed by atoms with Gasteiger partial charge in [-0.05, 0) is 23.6 Å². The van der Waals surface area contributed by atoms with Crippen LogP contribution < -0.4 is 16.0 Å². The van der Waals surface area contributed by atoms with E-state index in [1.165, 1.54) is 23.2 Å². The van der Waals surface area contributed by atoms with Crippen LogP contribution >= 0.6 is 0 Å². The first-order valence-electron chi connectivity index (χ1n) is 5.55. The molecule has 0 saturated heterocycles. The summed E-state index contributed by atoms with van der Waals surface area (Å²) in [5.74, 6) is 0. The molecule has 0 aliphatic carbocycles. The Morgan fingerprint density at radius 1 is 1.47 bits per heavy atom. The number of hydrogen-bond donors (Lipinski definition) is 2. The lowest BCUT2D eigenvalue weighted by molar-refractivity contribution is 0.694. The van der Waals surface area contributed by atoms with Crippen LogP contribution in [0.3, 0.4) is 0 Å². The molecule has 1 heterocycles. The van der Waals surface area contributed by atoms with Gasteiger partial charge in [0.25, 0.3) is 0 Å². The standard InChI is InChI=1S/C12H19N3/c1-15-7-4-11-8-10(2-3-12(11)15)9-14-6-5-13/h2-3,8,14H,4-7,9,13H2,1H3. The second kappa shape index (κ2) is 4.64. The van der Waals surface area contributed by atoms with Gasteiger partial charge in [-0.2, -0.15) is 0 Å². The van der Waals surface area contributed by atoms with E-state index in [0.717, 1.165) is 19.6 Å². The zero-order valence-corrected chi connectivity index (χ0v) is 9.29. The highest BCUT2D eigenvalue weighted by Gasteiger charge is 2.14. The normalized spacial score (nSPS) is 14.4. The molecule has 3 N–H and O–H groups in total. The van der Waals surface area contributed by atoms with E-state index in [9.17, 15) is 0 Å². The highest BCUT2D eigenvalue weighted by atomic mass is 15.1. The maximum Gasteiger partial charge on any atom is 0.0397 e. The van der Waals surface area contributed by atoms with E-state index in [0.29, 0.717) is 6.54 Å². The summed E-state index contributed by atoms with van der Waals surface area (Å²) in [6.45, 7) is 3.66. The van der Waals surface area contributed by atoms with Crippen molar-refractivity contribution in [3.8, 4) is 0 Å². The molecule has 1 aliphatic rings.